The number of nitrogens with one attached hydrogen (secondary N) is 1. The van der Waals surface area contributed by atoms with Crippen LogP contribution in [0.1, 0.15) is 18.9 Å². The minimum atomic E-state index is -4.33. The average Bonchev–Trinajstić information content (AvgIpc) is 2.71. The van der Waals surface area contributed by atoms with Crippen LogP contribution in [-0.2, 0) is 20.6 Å². The van der Waals surface area contributed by atoms with Gasteiger partial charge in [0.25, 0.3) is 11.5 Å². The van der Waals surface area contributed by atoms with Crippen molar-refractivity contribution >= 4 is 30.3 Å². The summed E-state index contributed by atoms with van der Waals surface area (Å²) < 4.78 is 28.1. The van der Waals surface area contributed by atoms with E-state index in [1.54, 1.807) is 7.11 Å². The van der Waals surface area contributed by atoms with Crippen molar-refractivity contribution < 1.29 is 28.8 Å². The molecule has 3 rings (SSSR count). The number of aromatic nitrogens is 2. The Morgan fingerprint density at radius 2 is 2.16 bits per heavy atom. The van der Waals surface area contributed by atoms with Crippen LogP contribution in [0, 0.1) is 0 Å². The Balaban J connectivity index is 1.97. The summed E-state index contributed by atoms with van der Waals surface area (Å²) in [5.41, 5.74) is 4.26. The molecule has 0 spiro atoms. The summed E-state index contributed by atoms with van der Waals surface area (Å²) in [6.07, 6.45) is 1.44. The van der Waals surface area contributed by atoms with Crippen molar-refractivity contribution in [2.45, 2.75) is 26.0 Å². The van der Waals surface area contributed by atoms with E-state index in [0.29, 0.717) is 6.42 Å². The Bertz CT molecular complexity index is 1150. The van der Waals surface area contributed by atoms with Crippen LogP contribution in [0.5, 0.6) is 11.5 Å². The van der Waals surface area contributed by atoms with Crippen LogP contribution in [0.4, 0.5) is 5.69 Å². The normalized spacial score (nSPS) is 18.5. The highest BCUT2D eigenvalue weighted by Gasteiger charge is 2.33. The lowest BCUT2D eigenvalue weighted by molar-refractivity contribution is -0.119. The third-order valence-corrected chi connectivity index (χ3v) is 6.03. The number of fused-ring (bicyclic) bond motifs is 1. The molecule has 0 radical (unpaired) electrons. The molecule has 2 unspecified atom stereocenters. The molecule has 0 saturated heterocycles. The number of hydrogen-bond donors (Lipinski definition) is 4. The topological polar surface area (TPSA) is 178 Å². The van der Waals surface area contributed by atoms with E-state index in [2.05, 4.69) is 15.2 Å². The molecule has 2 aromatic rings. The molecule has 0 aliphatic carbocycles. The third-order valence-electron chi connectivity index (χ3n) is 4.56. The highest BCUT2D eigenvalue weighted by molar-refractivity contribution is 7.65. The van der Waals surface area contributed by atoms with Gasteiger partial charge in [-0.3, -0.25) is 14.2 Å². The first kappa shape index (κ1) is 22.5. The van der Waals surface area contributed by atoms with Gasteiger partial charge < -0.3 is 30.5 Å². The largest absolute Gasteiger partial charge is 0.505 e. The van der Waals surface area contributed by atoms with E-state index in [-0.39, 0.29) is 40.8 Å². The number of nitrogens with two attached hydrogens (primary N) is 1. The van der Waals surface area contributed by atoms with Gasteiger partial charge in [0.05, 0.1) is 23.3 Å². The molecule has 13 heteroatoms. The predicted octanol–water partition coefficient (Wildman–Crippen LogP) is -0.0790. The molecule has 0 fully saturated rings. The molecule has 0 bridgehead atoms. The van der Waals surface area contributed by atoms with Crippen molar-refractivity contribution in [3.05, 3.63) is 40.3 Å². The van der Waals surface area contributed by atoms with Gasteiger partial charge in [-0.15, -0.1) is 0 Å². The number of ether oxygens (including phenoxy) is 2. The Labute approximate surface area is 176 Å². The summed E-state index contributed by atoms with van der Waals surface area (Å²) >= 11 is 0. The number of methoxy groups -OCH3 is 1. The molecule has 12 nitrogen and oxygen atoms in total. The number of rotatable bonds is 8. The zero-order chi connectivity index (χ0) is 22.8. The first-order valence-corrected chi connectivity index (χ1v) is 10.8. The van der Waals surface area contributed by atoms with Crippen LogP contribution in [0.25, 0.3) is 0 Å². The van der Waals surface area contributed by atoms with Gasteiger partial charge in [0.15, 0.2) is 18.2 Å². The molecule has 2 heterocycles. The fourth-order valence-corrected chi connectivity index (χ4v) is 4.11. The van der Waals surface area contributed by atoms with E-state index < -0.39 is 31.3 Å². The summed E-state index contributed by atoms with van der Waals surface area (Å²) in [4.78, 5) is 34.2. The average molecular weight is 451 g/mol. The fraction of sp³-hybridized carbons (Fsp3) is 0.333. The van der Waals surface area contributed by atoms with Gasteiger partial charge in [-0.2, -0.15) is 9.86 Å². The van der Waals surface area contributed by atoms with Gasteiger partial charge in [0.1, 0.15) is 11.3 Å². The van der Waals surface area contributed by atoms with Gasteiger partial charge in [-0.25, -0.2) is 4.68 Å². The van der Waals surface area contributed by atoms with Crippen LogP contribution < -0.4 is 26.7 Å². The highest BCUT2D eigenvalue weighted by Crippen LogP contribution is 2.47. The monoisotopic (exact) mass is 451 g/mol. The first-order chi connectivity index (χ1) is 14.6. The summed E-state index contributed by atoms with van der Waals surface area (Å²) in [5, 5.41) is 16.8. The Morgan fingerprint density at radius 1 is 1.42 bits per heavy atom. The number of aromatic hydroxyl groups is 1. The maximum atomic E-state index is 12.9. The third kappa shape index (κ3) is 4.93. The smallest absolute Gasteiger partial charge is 0.346 e. The number of nitrogens with zero attached hydrogens (tertiary/aromatic N) is 3. The van der Waals surface area contributed by atoms with Crippen LogP contribution in [0.3, 0.4) is 0 Å². The molecule has 2 atom stereocenters. The lowest BCUT2D eigenvalue weighted by atomic mass is 10.2. The maximum Gasteiger partial charge on any atom is 0.346 e. The molecular formula is C18H22N5O7P. The Morgan fingerprint density at radius 3 is 2.84 bits per heavy atom. The highest BCUT2D eigenvalue weighted by atomic mass is 31.2. The number of aryl methyl sites for hydroxylation is 1. The zero-order valence-corrected chi connectivity index (χ0v) is 17.7. The zero-order valence-electron chi connectivity index (χ0n) is 16.8. The van der Waals surface area contributed by atoms with E-state index in [9.17, 15) is 24.2 Å². The number of amides is 1. The molecule has 166 valence electrons. The molecule has 1 aromatic carbocycles. The van der Waals surface area contributed by atoms with Crippen LogP contribution in [0.15, 0.2) is 34.0 Å². The lowest BCUT2D eigenvalue weighted by Gasteiger charge is -2.22. The summed E-state index contributed by atoms with van der Waals surface area (Å²) in [6.45, 7) is 1.64. The predicted molar refractivity (Wildman–Crippen MR) is 112 cm³/mol. The summed E-state index contributed by atoms with van der Waals surface area (Å²) in [5.74, 6) is -1.30. The van der Waals surface area contributed by atoms with Gasteiger partial charge in [0, 0.05) is 13.7 Å². The van der Waals surface area contributed by atoms with E-state index >= 15 is 0 Å². The van der Waals surface area contributed by atoms with Crippen molar-refractivity contribution in [2.75, 3.05) is 19.0 Å². The molecule has 31 heavy (non-hydrogen) atoms. The molecular weight excluding hydrogens is 429 g/mol. The second-order valence-electron chi connectivity index (χ2n) is 6.82. The van der Waals surface area contributed by atoms with E-state index in [1.165, 1.54) is 18.2 Å². The molecule has 1 aliphatic heterocycles. The van der Waals surface area contributed by atoms with E-state index in [0.717, 1.165) is 10.9 Å². The molecule has 0 saturated carbocycles. The van der Waals surface area contributed by atoms with E-state index in [4.69, 9.17) is 15.2 Å². The SMILES string of the molecule is COC(C)CCn1ncc(O)c(C2=NP(=O)(O)c3cc(OCC(N)=O)ccc3N2)c1=O. The quantitative estimate of drug-likeness (QED) is 0.400. The van der Waals surface area contributed by atoms with Gasteiger partial charge in [-0.1, -0.05) is 0 Å². The number of hydrogen-bond acceptors (Lipinski definition) is 8. The van der Waals surface area contributed by atoms with Crippen LogP contribution >= 0.6 is 7.52 Å². The number of anilines is 1. The standard InChI is InChI=1S/C18H22N5O7P/c1-10(29-2)5-6-23-18(26)16(13(24)8-20-23)17-21-12-4-3-11(30-9-15(19)25)7-14(12)31(27,28)22-17/h3-4,7-8,10,24H,5-6,9H2,1-2H3,(H2,19,25)(H2,21,22,27,28). The Hall–Kier alpha value is -3.21. The number of amidine groups is 1. The number of benzene rings is 1. The fourth-order valence-electron chi connectivity index (χ4n) is 2.84. The molecule has 1 aromatic heterocycles. The number of carbonyl (C=O) groups excluding carboxylic acids is 1. The molecule has 1 aliphatic rings. The minimum Gasteiger partial charge on any atom is -0.505 e. The summed E-state index contributed by atoms with van der Waals surface area (Å²) in [7, 11) is -2.79. The second kappa shape index (κ2) is 8.88. The number of carbonyl (C=O) groups is 1. The van der Waals surface area contributed by atoms with Crippen molar-refractivity contribution in [1.82, 2.24) is 9.78 Å². The first-order valence-electron chi connectivity index (χ1n) is 9.20. The molecule has 5 N–H and O–H groups in total. The number of primary amides is 1. The maximum absolute atomic E-state index is 12.9. The van der Waals surface area contributed by atoms with Crippen LogP contribution in [0.2, 0.25) is 0 Å². The van der Waals surface area contributed by atoms with Crippen molar-refractivity contribution in [3.63, 3.8) is 0 Å². The van der Waals surface area contributed by atoms with Gasteiger partial charge in [0.2, 0.25) is 0 Å². The second-order valence-corrected chi connectivity index (χ2v) is 8.59. The van der Waals surface area contributed by atoms with Gasteiger partial charge in [-0.05, 0) is 31.5 Å². The minimum absolute atomic E-state index is 0.0824. The molecule has 1 amide bonds. The van der Waals surface area contributed by atoms with E-state index in [1.807, 2.05) is 6.92 Å². The summed E-state index contributed by atoms with van der Waals surface area (Å²) in [6, 6.07) is 4.14. The van der Waals surface area contributed by atoms with Crippen molar-refractivity contribution in [2.24, 2.45) is 10.5 Å². The van der Waals surface area contributed by atoms with Crippen molar-refractivity contribution in [1.29, 1.82) is 0 Å². The van der Waals surface area contributed by atoms with Crippen LogP contribution in [-0.4, -0.2) is 51.3 Å². The van der Waals surface area contributed by atoms with Gasteiger partial charge >= 0.3 is 7.52 Å². The Kier molecular flexibility index (Phi) is 6.44. The lowest BCUT2D eigenvalue weighted by Crippen LogP contribution is -2.34. The van der Waals surface area contributed by atoms with Crippen molar-refractivity contribution in [3.8, 4) is 11.5 Å².